The van der Waals surface area contributed by atoms with Crippen molar-refractivity contribution in [2.24, 2.45) is 0 Å². The Morgan fingerprint density at radius 1 is 1.21 bits per heavy atom. The third-order valence-corrected chi connectivity index (χ3v) is 3.31. The highest BCUT2D eigenvalue weighted by Gasteiger charge is 2.07. The molecule has 19 heavy (non-hydrogen) atoms. The first-order valence-corrected chi connectivity index (χ1v) is 6.62. The Bertz CT molecular complexity index is 561. The second kappa shape index (κ2) is 6.28. The number of pyridine rings is 1. The van der Waals surface area contributed by atoms with Gasteiger partial charge in [-0.2, -0.15) is 0 Å². The Morgan fingerprint density at radius 2 is 2.05 bits per heavy atom. The summed E-state index contributed by atoms with van der Waals surface area (Å²) in [6.45, 7) is 4.12. The molecule has 0 aliphatic heterocycles. The molecule has 0 unspecified atom stereocenters. The van der Waals surface area contributed by atoms with Gasteiger partial charge in [-0.1, -0.05) is 29.8 Å². The summed E-state index contributed by atoms with van der Waals surface area (Å²) in [5, 5.41) is 0. The summed E-state index contributed by atoms with van der Waals surface area (Å²) in [6, 6.07) is 10.2. The maximum absolute atomic E-state index is 12.0. The Hall–Kier alpha value is -1.96. The van der Waals surface area contributed by atoms with E-state index in [1.54, 1.807) is 6.20 Å². The van der Waals surface area contributed by atoms with E-state index in [-0.39, 0.29) is 5.78 Å². The maximum atomic E-state index is 12.0. The molecule has 0 amide bonds. The van der Waals surface area contributed by atoms with E-state index in [0.717, 1.165) is 17.5 Å². The highest BCUT2D eigenvalue weighted by molar-refractivity contribution is 5.81. The summed E-state index contributed by atoms with van der Waals surface area (Å²) in [6.07, 6.45) is 5.47. The van der Waals surface area contributed by atoms with E-state index in [1.165, 1.54) is 11.1 Å². The SMILES string of the molecule is Cc1ccc(C)c(CC(=O)CCc2cccnc2)c1. The summed E-state index contributed by atoms with van der Waals surface area (Å²) in [5.74, 6) is 0.289. The normalized spacial score (nSPS) is 10.4. The van der Waals surface area contributed by atoms with Gasteiger partial charge in [0, 0.05) is 25.2 Å². The van der Waals surface area contributed by atoms with Crippen LogP contribution in [0.2, 0.25) is 0 Å². The van der Waals surface area contributed by atoms with E-state index in [0.29, 0.717) is 12.8 Å². The lowest BCUT2D eigenvalue weighted by atomic mass is 9.98. The van der Waals surface area contributed by atoms with Gasteiger partial charge < -0.3 is 0 Å². The van der Waals surface area contributed by atoms with Crippen molar-refractivity contribution in [3.05, 3.63) is 65.0 Å². The molecule has 0 spiro atoms. The van der Waals surface area contributed by atoms with Crippen molar-refractivity contribution < 1.29 is 4.79 Å². The van der Waals surface area contributed by atoms with Crippen LogP contribution in [0.1, 0.15) is 28.7 Å². The van der Waals surface area contributed by atoms with Gasteiger partial charge in [0.25, 0.3) is 0 Å². The van der Waals surface area contributed by atoms with E-state index < -0.39 is 0 Å². The van der Waals surface area contributed by atoms with Crippen LogP contribution < -0.4 is 0 Å². The zero-order chi connectivity index (χ0) is 13.7. The Kier molecular flexibility index (Phi) is 4.45. The molecule has 2 aromatic rings. The van der Waals surface area contributed by atoms with E-state index in [4.69, 9.17) is 0 Å². The van der Waals surface area contributed by atoms with Crippen molar-refractivity contribution in [1.29, 1.82) is 0 Å². The van der Waals surface area contributed by atoms with Crippen LogP contribution in [0, 0.1) is 13.8 Å². The predicted molar refractivity (Wildman–Crippen MR) is 77.2 cm³/mol. The number of ketones is 1. The van der Waals surface area contributed by atoms with Crippen molar-refractivity contribution in [2.45, 2.75) is 33.1 Å². The minimum atomic E-state index is 0.289. The second-order valence-electron chi connectivity index (χ2n) is 5.01. The van der Waals surface area contributed by atoms with Crippen LogP contribution >= 0.6 is 0 Å². The average molecular weight is 253 g/mol. The zero-order valence-corrected chi connectivity index (χ0v) is 11.5. The molecule has 1 aromatic heterocycles. The molecule has 0 saturated heterocycles. The molecule has 0 aliphatic carbocycles. The maximum Gasteiger partial charge on any atom is 0.137 e. The molecule has 0 saturated carbocycles. The molecule has 0 atom stereocenters. The van der Waals surface area contributed by atoms with Gasteiger partial charge in [0.2, 0.25) is 0 Å². The number of carbonyl (C=O) groups is 1. The van der Waals surface area contributed by atoms with Crippen LogP contribution in [-0.2, 0) is 17.6 Å². The summed E-state index contributed by atoms with van der Waals surface area (Å²) in [5.41, 5.74) is 4.67. The largest absolute Gasteiger partial charge is 0.299 e. The summed E-state index contributed by atoms with van der Waals surface area (Å²) in [7, 11) is 0. The van der Waals surface area contributed by atoms with Gasteiger partial charge in [-0.05, 0) is 43.0 Å². The minimum absolute atomic E-state index is 0.289. The van der Waals surface area contributed by atoms with Crippen LogP contribution in [0.25, 0.3) is 0 Å². The van der Waals surface area contributed by atoms with Gasteiger partial charge >= 0.3 is 0 Å². The average Bonchev–Trinajstić information content (AvgIpc) is 2.42. The van der Waals surface area contributed by atoms with Gasteiger partial charge in [0.15, 0.2) is 0 Å². The molecule has 0 radical (unpaired) electrons. The van der Waals surface area contributed by atoms with E-state index in [1.807, 2.05) is 18.3 Å². The topological polar surface area (TPSA) is 30.0 Å². The van der Waals surface area contributed by atoms with Gasteiger partial charge in [-0.25, -0.2) is 0 Å². The molecule has 0 aliphatic rings. The molecule has 2 nitrogen and oxygen atoms in total. The minimum Gasteiger partial charge on any atom is -0.299 e. The fourth-order valence-corrected chi connectivity index (χ4v) is 2.12. The molecular formula is C17H19NO. The first-order valence-electron chi connectivity index (χ1n) is 6.62. The molecule has 0 bridgehead atoms. The van der Waals surface area contributed by atoms with Crippen molar-refractivity contribution in [3.8, 4) is 0 Å². The quantitative estimate of drug-likeness (QED) is 0.817. The molecule has 1 aromatic carbocycles. The van der Waals surface area contributed by atoms with Crippen LogP contribution in [0.15, 0.2) is 42.7 Å². The predicted octanol–water partition coefficient (Wildman–Crippen LogP) is 3.44. The lowest BCUT2D eigenvalue weighted by Gasteiger charge is -2.06. The third kappa shape index (κ3) is 4.02. The van der Waals surface area contributed by atoms with E-state index in [2.05, 4.69) is 37.0 Å². The van der Waals surface area contributed by atoms with Crippen molar-refractivity contribution >= 4 is 5.78 Å². The van der Waals surface area contributed by atoms with E-state index in [9.17, 15) is 4.79 Å². The molecule has 0 N–H and O–H groups in total. The van der Waals surface area contributed by atoms with Gasteiger partial charge in [0.1, 0.15) is 5.78 Å². The number of benzene rings is 1. The van der Waals surface area contributed by atoms with Gasteiger partial charge in [-0.3, -0.25) is 9.78 Å². The standard InChI is InChI=1S/C17H19NO/c1-13-5-6-14(2)16(10-13)11-17(19)8-7-15-4-3-9-18-12-15/h3-6,9-10,12H,7-8,11H2,1-2H3. The Morgan fingerprint density at radius 3 is 2.79 bits per heavy atom. The van der Waals surface area contributed by atoms with Crippen LogP contribution in [-0.4, -0.2) is 10.8 Å². The first-order chi connectivity index (χ1) is 9.15. The van der Waals surface area contributed by atoms with Crippen molar-refractivity contribution in [2.75, 3.05) is 0 Å². The Labute approximate surface area is 114 Å². The van der Waals surface area contributed by atoms with Crippen molar-refractivity contribution in [1.82, 2.24) is 4.98 Å². The number of carbonyl (C=O) groups excluding carboxylic acids is 1. The molecule has 2 heteroatoms. The zero-order valence-electron chi connectivity index (χ0n) is 11.5. The van der Waals surface area contributed by atoms with E-state index >= 15 is 0 Å². The Balaban J connectivity index is 1.93. The lowest BCUT2D eigenvalue weighted by molar-refractivity contribution is -0.118. The number of aryl methyl sites for hydroxylation is 3. The molecule has 1 heterocycles. The summed E-state index contributed by atoms with van der Waals surface area (Å²) >= 11 is 0. The first kappa shape index (κ1) is 13.5. The number of rotatable bonds is 5. The van der Waals surface area contributed by atoms with Crippen LogP contribution in [0.3, 0.4) is 0 Å². The highest BCUT2D eigenvalue weighted by atomic mass is 16.1. The molecule has 98 valence electrons. The van der Waals surface area contributed by atoms with Gasteiger partial charge in [-0.15, -0.1) is 0 Å². The number of hydrogen-bond donors (Lipinski definition) is 0. The number of nitrogens with zero attached hydrogens (tertiary/aromatic N) is 1. The van der Waals surface area contributed by atoms with Crippen LogP contribution in [0.4, 0.5) is 0 Å². The fourth-order valence-electron chi connectivity index (χ4n) is 2.12. The number of aromatic nitrogens is 1. The molecular weight excluding hydrogens is 234 g/mol. The number of Topliss-reactive ketones (excluding diaryl/α,β-unsaturated/α-hetero) is 1. The fraction of sp³-hybridized carbons (Fsp3) is 0.294. The summed E-state index contributed by atoms with van der Waals surface area (Å²) in [4.78, 5) is 16.1. The second-order valence-corrected chi connectivity index (χ2v) is 5.01. The van der Waals surface area contributed by atoms with Crippen LogP contribution in [0.5, 0.6) is 0 Å². The van der Waals surface area contributed by atoms with Crippen molar-refractivity contribution in [3.63, 3.8) is 0 Å². The lowest BCUT2D eigenvalue weighted by Crippen LogP contribution is -2.06. The smallest absolute Gasteiger partial charge is 0.137 e. The molecule has 0 fully saturated rings. The number of hydrogen-bond acceptors (Lipinski definition) is 2. The monoisotopic (exact) mass is 253 g/mol. The van der Waals surface area contributed by atoms with Gasteiger partial charge in [0.05, 0.1) is 0 Å². The molecule has 2 rings (SSSR count). The third-order valence-electron chi connectivity index (χ3n) is 3.31. The highest BCUT2D eigenvalue weighted by Crippen LogP contribution is 2.13. The summed E-state index contributed by atoms with van der Waals surface area (Å²) < 4.78 is 0.